The molecule has 1 aromatic carbocycles. The third-order valence-corrected chi connectivity index (χ3v) is 4.82. The highest BCUT2D eigenvalue weighted by molar-refractivity contribution is 7.53. The molecule has 0 unspecified atom stereocenters. The van der Waals surface area contributed by atoms with E-state index >= 15 is 0 Å². The molecule has 0 bridgehead atoms. The van der Waals surface area contributed by atoms with Crippen molar-refractivity contribution in [1.82, 2.24) is 0 Å². The lowest BCUT2D eigenvalue weighted by molar-refractivity contribution is 0.169. The predicted molar refractivity (Wildman–Crippen MR) is 71.9 cm³/mol. The van der Waals surface area contributed by atoms with Crippen molar-refractivity contribution in [2.75, 3.05) is 20.4 Å². The molecule has 0 amide bonds. The summed E-state index contributed by atoms with van der Waals surface area (Å²) in [4.78, 5) is 0. The van der Waals surface area contributed by atoms with Crippen LogP contribution in [-0.4, -0.2) is 31.6 Å². The van der Waals surface area contributed by atoms with Gasteiger partial charge in [0.2, 0.25) is 0 Å². The summed E-state index contributed by atoms with van der Waals surface area (Å²) in [6, 6.07) is 10.1. The van der Waals surface area contributed by atoms with E-state index in [1.165, 1.54) is 19.8 Å². The summed E-state index contributed by atoms with van der Waals surface area (Å²) in [5.74, 6) is 0. The van der Waals surface area contributed by atoms with Gasteiger partial charge >= 0.3 is 7.60 Å². The fraction of sp³-hybridized carbons (Fsp3) is 0.538. The van der Waals surface area contributed by atoms with Gasteiger partial charge in [-0.1, -0.05) is 30.3 Å². The second-order valence-electron chi connectivity index (χ2n) is 4.19. The van der Waals surface area contributed by atoms with Gasteiger partial charge in [-0.05, 0) is 24.8 Å². The first-order valence-corrected chi connectivity index (χ1v) is 7.75. The van der Waals surface area contributed by atoms with Gasteiger partial charge in [0.25, 0.3) is 0 Å². The quantitative estimate of drug-likeness (QED) is 0.739. The van der Waals surface area contributed by atoms with Gasteiger partial charge in [0.1, 0.15) is 0 Å². The van der Waals surface area contributed by atoms with Gasteiger partial charge in [0.15, 0.2) is 0 Å². The molecule has 1 N–H and O–H groups in total. The third kappa shape index (κ3) is 5.32. The molecule has 0 aliphatic rings. The van der Waals surface area contributed by atoms with Gasteiger partial charge in [-0.3, -0.25) is 4.57 Å². The number of hydrogen-bond donors (Lipinski definition) is 1. The van der Waals surface area contributed by atoms with Gasteiger partial charge in [-0.2, -0.15) is 0 Å². The second kappa shape index (κ2) is 7.70. The van der Waals surface area contributed by atoms with E-state index in [0.717, 1.165) is 12.8 Å². The minimum Gasteiger partial charge on any atom is -0.392 e. The first-order valence-electron chi connectivity index (χ1n) is 6.02. The van der Waals surface area contributed by atoms with Gasteiger partial charge in [0, 0.05) is 14.2 Å². The highest BCUT2D eigenvalue weighted by Gasteiger charge is 2.25. The standard InChI is InChI=1S/C13H21O4P/c1-16-18(15,17-2)11-13(14)10-6-9-12-7-4-3-5-8-12/h3-5,7-8,13-14H,6,9-11H2,1-2H3/t13-/m1/s1. The summed E-state index contributed by atoms with van der Waals surface area (Å²) in [5.41, 5.74) is 1.24. The Kier molecular flexibility index (Phi) is 6.58. The average Bonchev–Trinajstić information content (AvgIpc) is 2.40. The lowest BCUT2D eigenvalue weighted by Crippen LogP contribution is -2.14. The molecule has 18 heavy (non-hydrogen) atoms. The van der Waals surface area contributed by atoms with E-state index in [1.54, 1.807) is 0 Å². The molecule has 0 aromatic heterocycles. The Balaban J connectivity index is 2.29. The number of benzene rings is 1. The van der Waals surface area contributed by atoms with Crippen LogP contribution in [0.3, 0.4) is 0 Å². The van der Waals surface area contributed by atoms with Gasteiger partial charge in [-0.25, -0.2) is 0 Å². The van der Waals surface area contributed by atoms with Crippen LogP contribution in [0.1, 0.15) is 18.4 Å². The number of aliphatic hydroxyl groups excluding tert-OH is 1. The Morgan fingerprint density at radius 1 is 1.22 bits per heavy atom. The molecule has 0 spiro atoms. The lowest BCUT2D eigenvalue weighted by Gasteiger charge is -2.17. The SMILES string of the molecule is COP(=O)(C[C@H](O)CCCc1ccccc1)OC. The Morgan fingerprint density at radius 2 is 1.83 bits per heavy atom. The van der Waals surface area contributed by atoms with Crippen LogP contribution in [0.5, 0.6) is 0 Å². The highest BCUT2D eigenvalue weighted by Crippen LogP contribution is 2.47. The van der Waals surface area contributed by atoms with Crippen LogP contribution in [0.25, 0.3) is 0 Å². The fourth-order valence-electron chi connectivity index (χ4n) is 1.76. The molecule has 1 rings (SSSR count). The molecular formula is C13H21O4P. The summed E-state index contributed by atoms with van der Waals surface area (Å²) in [7, 11) is -0.431. The Morgan fingerprint density at radius 3 is 2.39 bits per heavy atom. The summed E-state index contributed by atoms with van der Waals surface area (Å²) in [6.07, 6.45) is 1.74. The van der Waals surface area contributed by atoms with E-state index < -0.39 is 13.7 Å². The highest BCUT2D eigenvalue weighted by atomic mass is 31.2. The van der Waals surface area contributed by atoms with Crippen molar-refractivity contribution in [2.45, 2.75) is 25.4 Å². The minimum absolute atomic E-state index is 0.0504. The van der Waals surface area contributed by atoms with Crippen molar-refractivity contribution in [1.29, 1.82) is 0 Å². The molecular weight excluding hydrogens is 251 g/mol. The van der Waals surface area contributed by atoms with Crippen molar-refractivity contribution >= 4 is 7.60 Å². The van der Waals surface area contributed by atoms with Gasteiger partial charge < -0.3 is 14.2 Å². The third-order valence-electron chi connectivity index (χ3n) is 2.84. The molecule has 1 aromatic rings. The van der Waals surface area contributed by atoms with Crippen molar-refractivity contribution in [3.63, 3.8) is 0 Å². The summed E-state index contributed by atoms with van der Waals surface area (Å²) in [5, 5.41) is 9.79. The normalized spacial score (nSPS) is 13.5. The predicted octanol–water partition coefficient (Wildman–Crippen LogP) is 2.86. The fourth-order valence-corrected chi connectivity index (χ4v) is 2.91. The zero-order valence-corrected chi connectivity index (χ0v) is 11.8. The molecule has 0 saturated carbocycles. The first-order chi connectivity index (χ1) is 8.59. The molecule has 0 fully saturated rings. The Hall–Kier alpha value is -0.670. The molecule has 5 heteroatoms. The maximum atomic E-state index is 11.8. The van der Waals surface area contributed by atoms with Crippen molar-refractivity contribution in [2.24, 2.45) is 0 Å². The van der Waals surface area contributed by atoms with Crippen LogP contribution in [-0.2, 0) is 20.0 Å². The molecule has 0 aliphatic carbocycles. The number of aryl methyl sites for hydroxylation is 1. The minimum atomic E-state index is -3.10. The number of hydrogen-bond acceptors (Lipinski definition) is 4. The largest absolute Gasteiger partial charge is 0.392 e. The van der Waals surface area contributed by atoms with Crippen LogP contribution in [0.4, 0.5) is 0 Å². The van der Waals surface area contributed by atoms with E-state index in [0.29, 0.717) is 6.42 Å². The van der Waals surface area contributed by atoms with Crippen LogP contribution < -0.4 is 0 Å². The van der Waals surface area contributed by atoms with E-state index in [2.05, 4.69) is 12.1 Å². The van der Waals surface area contributed by atoms with Gasteiger partial charge in [-0.15, -0.1) is 0 Å². The van der Waals surface area contributed by atoms with Crippen molar-refractivity contribution in [3.8, 4) is 0 Å². The first kappa shape index (κ1) is 15.4. The van der Waals surface area contributed by atoms with Crippen molar-refractivity contribution < 1.29 is 18.7 Å². The van der Waals surface area contributed by atoms with E-state index in [-0.39, 0.29) is 6.16 Å². The average molecular weight is 272 g/mol. The lowest BCUT2D eigenvalue weighted by atomic mass is 10.1. The van der Waals surface area contributed by atoms with E-state index in [4.69, 9.17) is 9.05 Å². The Bertz CT molecular complexity index is 372. The Labute approximate surface area is 108 Å². The maximum absolute atomic E-state index is 11.8. The number of aliphatic hydroxyl groups is 1. The topological polar surface area (TPSA) is 55.8 Å². The molecule has 1 atom stereocenters. The molecule has 0 radical (unpaired) electrons. The summed E-state index contributed by atoms with van der Waals surface area (Å²) in [6.45, 7) is 0. The molecule has 0 heterocycles. The molecule has 0 aliphatic heterocycles. The van der Waals surface area contributed by atoms with Crippen LogP contribution in [0.2, 0.25) is 0 Å². The zero-order chi connectivity index (χ0) is 13.4. The summed E-state index contributed by atoms with van der Waals surface area (Å²) >= 11 is 0. The van der Waals surface area contributed by atoms with E-state index in [9.17, 15) is 9.67 Å². The van der Waals surface area contributed by atoms with E-state index in [1.807, 2.05) is 18.2 Å². The second-order valence-corrected chi connectivity index (χ2v) is 6.51. The van der Waals surface area contributed by atoms with Crippen molar-refractivity contribution in [3.05, 3.63) is 35.9 Å². The zero-order valence-electron chi connectivity index (χ0n) is 10.9. The van der Waals surface area contributed by atoms with Crippen LogP contribution in [0.15, 0.2) is 30.3 Å². The molecule has 0 saturated heterocycles. The molecule has 102 valence electrons. The summed E-state index contributed by atoms with van der Waals surface area (Å²) < 4.78 is 21.4. The maximum Gasteiger partial charge on any atom is 0.332 e. The van der Waals surface area contributed by atoms with Gasteiger partial charge in [0.05, 0.1) is 12.3 Å². The smallest absolute Gasteiger partial charge is 0.332 e. The number of rotatable bonds is 8. The molecule has 4 nitrogen and oxygen atoms in total. The van der Waals surface area contributed by atoms with Crippen LogP contribution in [0, 0.1) is 0 Å². The van der Waals surface area contributed by atoms with Crippen LogP contribution >= 0.6 is 7.60 Å². The monoisotopic (exact) mass is 272 g/mol.